The van der Waals surface area contributed by atoms with Crippen LogP contribution in [0.3, 0.4) is 0 Å². The van der Waals surface area contributed by atoms with Gasteiger partial charge >= 0.3 is 5.56 Å². The molecule has 0 saturated carbocycles. The summed E-state index contributed by atoms with van der Waals surface area (Å²) < 4.78 is 0. The number of aromatic nitrogens is 3. The Bertz CT molecular complexity index is 542. The molecule has 2 aromatic rings. The van der Waals surface area contributed by atoms with Crippen LogP contribution < -0.4 is 11.0 Å². The molecule has 0 saturated heterocycles. The third-order valence-electron chi connectivity index (χ3n) is 1.81. The Kier molecular flexibility index (Phi) is 1.98. The van der Waals surface area contributed by atoms with Crippen molar-refractivity contribution in [3.63, 3.8) is 0 Å². The van der Waals surface area contributed by atoms with Gasteiger partial charge in [0.1, 0.15) is 5.69 Å². The molecule has 5 nitrogen and oxygen atoms in total. The average molecular weight is 189 g/mol. The summed E-state index contributed by atoms with van der Waals surface area (Å²) in [4.78, 5) is 22.3. The first kappa shape index (κ1) is 8.43. The molecule has 1 aromatic heterocycles. The smallest absolute Gasteiger partial charge is 0.281 e. The number of H-pyrrole nitrogens is 2. The second-order valence-corrected chi connectivity index (χ2v) is 2.72. The molecular weight excluding hydrogens is 182 g/mol. The molecule has 14 heavy (non-hydrogen) atoms. The SMILES string of the molecule is O=c1[nH][nH]nc(-c2ccccc2)c1=O. The van der Waals surface area contributed by atoms with Crippen molar-refractivity contribution in [3.8, 4) is 11.3 Å². The fraction of sp³-hybridized carbons (Fsp3) is 0. The number of nitrogens with one attached hydrogen (secondary N) is 2. The summed E-state index contributed by atoms with van der Waals surface area (Å²) in [5.74, 6) is 0. The van der Waals surface area contributed by atoms with Gasteiger partial charge in [0, 0.05) is 5.56 Å². The summed E-state index contributed by atoms with van der Waals surface area (Å²) in [7, 11) is 0. The molecule has 0 unspecified atom stereocenters. The topological polar surface area (TPSA) is 78.6 Å². The first-order valence-corrected chi connectivity index (χ1v) is 4.02. The van der Waals surface area contributed by atoms with E-state index in [4.69, 9.17) is 0 Å². The molecule has 1 heterocycles. The van der Waals surface area contributed by atoms with Crippen LogP contribution >= 0.6 is 0 Å². The summed E-state index contributed by atoms with van der Waals surface area (Å²) in [5, 5.41) is 8.10. The predicted octanol–water partition coefficient (Wildman–Crippen LogP) is 0.125. The van der Waals surface area contributed by atoms with E-state index in [9.17, 15) is 9.59 Å². The van der Waals surface area contributed by atoms with E-state index in [1.807, 2.05) is 6.07 Å². The lowest BCUT2D eigenvalue weighted by Gasteiger charge is -1.96. The maximum Gasteiger partial charge on any atom is 0.313 e. The van der Waals surface area contributed by atoms with Gasteiger partial charge in [0.25, 0.3) is 5.43 Å². The van der Waals surface area contributed by atoms with E-state index < -0.39 is 11.0 Å². The zero-order chi connectivity index (χ0) is 9.97. The van der Waals surface area contributed by atoms with Crippen molar-refractivity contribution in [3.05, 3.63) is 50.9 Å². The molecule has 0 spiro atoms. The summed E-state index contributed by atoms with van der Waals surface area (Å²) in [6.07, 6.45) is 0. The summed E-state index contributed by atoms with van der Waals surface area (Å²) in [6.45, 7) is 0. The van der Waals surface area contributed by atoms with Crippen LogP contribution in [-0.2, 0) is 0 Å². The molecule has 0 fully saturated rings. The van der Waals surface area contributed by atoms with E-state index >= 15 is 0 Å². The fourth-order valence-corrected chi connectivity index (χ4v) is 1.14. The van der Waals surface area contributed by atoms with E-state index in [1.165, 1.54) is 0 Å². The molecule has 70 valence electrons. The lowest BCUT2D eigenvalue weighted by atomic mass is 10.1. The molecule has 0 radical (unpaired) electrons. The van der Waals surface area contributed by atoms with Crippen molar-refractivity contribution in [2.24, 2.45) is 0 Å². The van der Waals surface area contributed by atoms with Crippen molar-refractivity contribution in [1.82, 2.24) is 15.4 Å². The lowest BCUT2D eigenvalue weighted by Crippen LogP contribution is -2.30. The van der Waals surface area contributed by atoms with Crippen molar-refractivity contribution < 1.29 is 0 Å². The molecule has 0 amide bonds. The minimum atomic E-state index is -0.696. The van der Waals surface area contributed by atoms with E-state index in [2.05, 4.69) is 15.4 Å². The zero-order valence-corrected chi connectivity index (χ0v) is 7.15. The van der Waals surface area contributed by atoms with Crippen molar-refractivity contribution in [1.29, 1.82) is 0 Å². The standard InChI is InChI=1S/C9H7N3O2/c13-8-7(10-12-11-9(8)14)6-4-2-1-3-5-6/h1-5H,(H,12,13)(H,10,11,14). The first-order valence-electron chi connectivity index (χ1n) is 4.02. The van der Waals surface area contributed by atoms with Gasteiger partial charge in [0.15, 0.2) is 0 Å². The Morgan fingerprint density at radius 3 is 2.50 bits per heavy atom. The van der Waals surface area contributed by atoms with Crippen LogP contribution in [0.5, 0.6) is 0 Å². The highest BCUT2D eigenvalue weighted by Crippen LogP contribution is 2.08. The summed E-state index contributed by atoms with van der Waals surface area (Å²) in [5.41, 5.74) is -0.567. The zero-order valence-electron chi connectivity index (χ0n) is 7.15. The molecule has 0 aliphatic heterocycles. The Balaban J connectivity index is 2.70. The Labute approximate surface area is 78.4 Å². The van der Waals surface area contributed by atoms with Gasteiger partial charge < -0.3 is 0 Å². The van der Waals surface area contributed by atoms with Gasteiger partial charge in [-0.2, -0.15) is 5.10 Å². The minimum Gasteiger partial charge on any atom is -0.281 e. The van der Waals surface area contributed by atoms with Crippen LogP contribution in [0.15, 0.2) is 39.9 Å². The molecular formula is C9H7N3O2. The quantitative estimate of drug-likeness (QED) is 0.625. The normalized spacial score (nSPS) is 10.0. The lowest BCUT2D eigenvalue weighted by molar-refractivity contribution is 0.834. The third kappa shape index (κ3) is 1.35. The van der Waals surface area contributed by atoms with Gasteiger partial charge in [-0.15, -0.1) is 0 Å². The Morgan fingerprint density at radius 1 is 1.07 bits per heavy atom. The van der Waals surface area contributed by atoms with Gasteiger partial charge in [0.05, 0.1) is 0 Å². The van der Waals surface area contributed by atoms with Crippen LogP contribution in [0, 0.1) is 0 Å². The van der Waals surface area contributed by atoms with Crippen molar-refractivity contribution in [2.75, 3.05) is 0 Å². The van der Waals surface area contributed by atoms with Crippen LogP contribution in [-0.4, -0.2) is 15.4 Å². The molecule has 0 aliphatic rings. The number of hydrogen-bond acceptors (Lipinski definition) is 3. The van der Waals surface area contributed by atoms with E-state index in [0.29, 0.717) is 5.56 Å². The highest BCUT2D eigenvalue weighted by molar-refractivity contribution is 5.57. The maximum atomic E-state index is 11.3. The van der Waals surface area contributed by atoms with Crippen molar-refractivity contribution in [2.45, 2.75) is 0 Å². The summed E-state index contributed by atoms with van der Waals surface area (Å²) >= 11 is 0. The van der Waals surface area contributed by atoms with Crippen LogP contribution in [0.4, 0.5) is 0 Å². The highest BCUT2D eigenvalue weighted by Gasteiger charge is 2.05. The fourth-order valence-electron chi connectivity index (χ4n) is 1.14. The third-order valence-corrected chi connectivity index (χ3v) is 1.81. The average Bonchev–Trinajstić information content (AvgIpc) is 2.23. The maximum absolute atomic E-state index is 11.3. The first-order chi connectivity index (χ1) is 6.79. The Morgan fingerprint density at radius 2 is 1.79 bits per heavy atom. The molecule has 0 bridgehead atoms. The summed E-state index contributed by atoms with van der Waals surface area (Å²) in [6, 6.07) is 8.81. The number of rotatable bonds is 1. The number of nitrogens with zero attached hydrogens (tertiary/aromatic N) is 1. The Hall–Kier alpha value is -2.17. The van der Waals surface area contributed by atoms with Gasteiger partial charge in [0.2, 0.25) is 0 Å². The molecule has 1 aromatic carbocycles. The molecule has 2 rings (SSSR count). The molecule has 5 heteroatoms. The van der Waals surface area contributed by atoms with E-state index in [0.717, 1.165) is 0 Å². The molecule has 0 atom stereocenters. The van der Waals surface area contributed by atoms with Gasteiger partial charge in [-0.25, -0.2) is 10.3 Å². The number of benzene rings is 1. The highest BCUT2D eigenvalue weighted by atomic mass is 16.2. The van der Waals surface area contributed by atoms with Gasteiger partial charge in [-0.05, 0) is 0 Å². The number of aromatic amines is 2. The molecule has 2 N–H and O–H groups in total. The predicted molar refractivity (Wildman–Crippen MR) is 50.9 cm³/mol. The second-order valence-electron chi connectivity index (χ2n) is 2.72. The van der Waals surface area contributed by atoms with E-state index in [1.54, 1.807) is 24.3 Å². The van der Waals surface area contributed by atoms with Gasteiger partial charge in [-0.3, -0.25) is 9.59 Å². The van der Waals surface area contributed by atoms with Crippen LogP contribution in [0.1, 0.15) is 0 Å². The van der Waals surface area contributed by atoms with Crippen molar-refractivity contribution >= 4 is 0 Å². The van der Waals surface area contributed by atoms with E-state index in [-0.39, 0.29) is 5.69 Å². The minimum absolute atomic E-state index is 0.134. The number of hydrogen-bond donors (Lipinski definition) is 2. The molecule has 0 aliphatic carbocycles. The largest absolute Gasteiger partial charge is 0.313 e. The second kappa shape index (κ2) is 3.29. The van der Waals surface area contributed by atoms with Crippen LogP contribution in [0.2, 0.25) is 0 Å². The monoisotopic (exact) mass is 189 g/mol. The van der Waals surface area contributed by atoms with Crippen LogP contribution in [0.25, 0.3) is 11.3 Å². The van der Waals surface area contributed by atoms with Gasteiger partial charge in [-0.1, -0.05) is 30.3 Å².